The van der Waals surface area contributed by atoms with Gasteiger partial charge in [-0.2, -0.15) is 0 Å². The number of phenols is 1. The lowest BCUT2D eigenvalue weighted by Gasteiger charge is -2.19. The number of hydrogen-bond acceptors (Lipinski definition) is 4. The molecule has 2 rings (SSSR count). The second-order valence-electron chi connectivity index (χ2n) is 3.57. The molecule has 3 N–H and O–H groups in total. The van der Waals surface area contributed by atoms with Crippen molar-refractivity contribution in [3.8, 4) is 11.5 Å². The van der Waals surface area contributed by atoms with Gasteiger partial charge >= 0.3 is 0 Å². The third-order valence-electron chi connectivity index (χ3n) is 2.46. The molecule has 82 valence electrons. The van der Waals surface area contributed by atoms with Crippen LogP contribution in [0.15, 0.2) is 12.1 Å². The molecule has 0 radical (unpaired) electrons. The molecule has 0 spiro atoms. The molecule has 0 bridgehead atoms. The van der Waals surface area contributed by atoms with E-state index in [9.17, 15) is 5.11 Å². The number of ether oxygens (including phenoxy) is 1. The highest BCUT2D eigenvalue weighted by atomic mass is 16.5. The smallest absolute Gasteiger partial charge is 0.128 e. The predicted octanol–water partition coefficient (Wildman–Crippen LogP) is 1.12. The first-order chi connectivity index (χ1) is 7.31. The molecule has 0 atom stereocenters. The van der Waals surface area contributed by atoms with E-state index >= 15 is 0 Å². The Morgan fingerprint density at radius 1 is 1.40 bits per heavy atom. The molecular weight excluding hydrogens is 194 g/mol. The first kappa shape index (κ1) is 10.1. The van der Waals surface area contributed by atoms with E-state index < -0.39 is 0 Å². The summed E-state index contributed by atoms with van der Waals surface area (Å²) in [6.45, 7) is 1.24. The van der Waals surface area contributed by atoms with Crippen LogP contribution >= 0.6 is 0 Å². The molecule has 0 amide bonds. The van der Waals surface area contributed by atoms with Gasteiger partial charge in [-0.15, -0.1) is 0 Å². The Morgan fingerprint density at radius 3 is 3.07 bits per heavy atom. The maximum absolute atomic E-state index is 9.75. The van der Waals surface area contributed by atoms with E-state index in [1.165, 1.54) is 0 Å². The number of aromatic hydroxyl groups is 1. The van der Waals surface area contributed by atoms with Crippen molar-refractivity contribution in [3.05, 3.63) is 17.7 Å². The molecule has 0 unspecified atom stereocenters. The van der Waals surface area contributed by atoms with Crippen molar-refractivity contribution in [3.63, 3.8) is 0 Å². The number of aliphatic hydroxyl groups is 1. The predicted molar refractivity (Wildman–Crippen MR) is 57.5 cm³/mol. The Balaban J connectivity index is 2.24. The molecule has 0 aliphatic carbocycles. The average Bonchev–Trinajstić information content (AvgIpc) is 2.26. The number of anilines is 1. The maximum Gasteiger partial charge on any atom is 0.128 e. The van der Waals surface area contributed by atoms with E-state index in [4.69, 9.17) is 9.84 Å². The second-order valence-corrected chi connectivity index (χ2v) is 3.57. The van der Waals surface area contributed by atoms with E-state index in [0.717, 1.165) is 29.8 Å². The van der Waals surface area contributed by atoms with E-state index in [2.05, 4.69) is 5.32 Å². The number of phenolic OH excluding ortho intramolecular Hbond substituents is 1. The largest absolute Gasteiger partial charge is 0.507 e. The molecule has 0 saturated carbocycles. The van der Waals surface area contributed by atoms with Crippen molar-refractivity contribution >= 4 is 5.69 Å². The minimum absolute atomic E-state index is 0.0682. The van der Waals surface area contributed by atoms with Crippen LogP contribution < -0.4 is 10.1 Å². The molecule has 1 aromatic carbocycles. The van der Waals surface area contributed by atoms with Crippen molar-refractivity contribution in [2.24, 2.45) is 0 Å². The van der Waals surface area contributed by atoms with Crippen LogP contribution in [0.1, 0.15) is 12.0 Å². The molecular formula is C11H15NO3. The molecule has 0 aromatic heterocycles. The molecule has 15 heavy (non-hydrogen) atoms. The van der Waals surface area contributed by atoms with Gasteiger partial charge < -0.3 is 20.3 Å². The fraction of sp³-hybridized carbons (Fsp3) is 0.455. The number of aliphatic hydroxyl groups excluding tert-OH is 1. The van der Waals surface area contributed by atoms with Gasteiger partial charge in [0.2, 0.25) is 0 Å². The van der Waals surface area contributed by atoms with E-state index in [0.29, 0.717) is 13.2 Å². The summed E-state index contributed by atoms with van der Waals surface area (Å²) in [5.41, 5.74) is 1.66. The van der Waals surface area contributed by atoms with Crippen LogP contribution in [0.3, 0.4) is 0 Å². The average molecular weight is 209 g/mol. The van der Waals surface area contributed by atoms with Gasteiger partial charge in [-0.3, -0.25) is 0 Å². The van der Waals surface area contributed by atoms with Crippen LogP contribution in [0.5, 0.6) is 11.5 Å². The van der Waals surface area contributed by atoms with Gasteiger partial charge in [0, 0.05) is 29.9 Å². The molecule has 1 aromatic rings. The minimum atomic E-state index is 0.0682. The van der Waals surface area contributed by atoms with Crippen molar-refractivity contribution in [2.75, 3.05) is 25.1 Å². The molecule has 0 saturated heterocycles. The van der Waals surface area contributed by atoms with Crippen LogP contribution in [-0.2, 0) is 6.42 Å². The Labute approximate surface area is 88.5 Å². The summed E-state index contributed by atoms with van der Waals surface area (Å²) in [6, 6.07) is 3.53. The fourth-order valence-corrected chi connectivity index (χ4v) is 1.74. The highest BCUT2D eigenvalue weighted by Gasteiger charge is 2.15. The van der Waals surface area contributed by atoms with Gasteiger partial charge in [0.15, 0.2) is 0 Å². The minimum Gasteiger partial charge on any atom is -0.507 e. The van der Waals surface area contributed by atoms with Crippen LogP contribution in [0.4, 0.5) is 5.69 Å². The summed E-state index contributed by atoms with van der Waals surface area (Å²) in [4.78, 5) is 0. The molecule has 1 aliphatic rings. The van der Waals surface area contributed by atoms with Gasteiger partial charge in [0.1, 0.15) is 11.5 Å². The summed E-state index contributed by atoms with van der Waals surface area (Å²) in [5.74, 6) is 1.02. The first-order valence-corrected chi connectivity index (χ1v) is 5.14. The van der Waals surface area contributed by atoms with Crippen LogP contribution in [-0.4, -0.2) is 30.0 Å². The first-order valence-electron chi connectivity index (χ1n) is 5.14. The van der Waals surface area contributed by atoms with Crippen molar-refractivity contribution in [1.82, 2.24) is 0 Å². The number of fused-ring (bicyclic) bond motifs is 1. The molecule has 0 fully saturated rings. The van der Waals surface area contributed by atoms with Gasteiger partial charge in [-0.25, -0.2) is 0 Å². The summed E-state index contributed by atoms with van der Waals surface area (Å²) in [5, 5.41) is 21.4. The lowest BCUT2D eigenvalue weighted by molar-refractivity contribution is 0.284. The summed E-state index contributed by atoms with van der Waals surface area (Å²) < 4.78 is 5.46. The fourth-order valence-electron chi connectivity index (χ4n) is 1.74. The van der Waals surface area contributed by atoms with Crippen LogP contribution in [0.2, 0.25) is 0 Å². The van der Waals surface area contributed by atoms with Crippen LogP contribution in [0.25, 0.3) is 0 Å². The Morgan fingerprint density at radius 2 is 2.27 bits per heavy atom. The van der Waals surface area contributed by atoms with Gasteiger partial charge in [-0.05, 0) is 12.8 Å². The van der Waals surface area contributed by atoms with Gasteiger partial charge in [0.25, 0.3) is 0 Å². The van der Waals surface area contributed by atoms with E-state index in [1.54, 1.807) is 6.07 Å². The third-order valence-corrected chi connectivity index (χ3v) is 2.46. The summed E-state index contributed by atoms with van der Waals surface area (Å²) >= 11 is 0. The Hall–Kier alpha value is -1.42. The van der Waals surface area contributed by atoms with Gasteiger partial charge in [-0.1, -0.05) is 0 Å². The van der Waals surface area contributed by atoms with E-state index in [-0.39, 0.29) is 12.4 Å². The third kappa shape index (κ3) is 2.15. The zero-order valence-corrected chi connectivity index (χ0v) is 8.49. The SMILES string of the molecule is OCCNc1cc(O)c2c(c1)OCCC2. The van der Waals surface area contributed by atoms with Crippen LogP contribution in [0, 0.1) is 0 Å². The van der Waals surface area contributed by atoms with Crippen molar-refractivity contribution in [1.29, 1.82) is 0 Å². The number of benzene rings is 1. The standard InChI is InChI=1S/C11H15NO3/c13-4-3-12-8-6-10(14)9-2-1-5-15-11(9)7-8/h6-7,12-14H,1-5H2. The monoisotopic (exact) mass is 209 g/mol. The van der Waals surface area contributed by atoms with Gasteiger partial charge in [0.05, 0.1) is 13.2 Å². The number of nitrogens with one attached hydrogen (secondary N) is 1. The molecule has 1 heterocycles. The van der Waals surface area contributed by atoms with Crippen molar-refractivity contribution in [2.45, 2.75) is 12.8 Å². The molecule has 1 aliphatic heterocycles. The molecule has 4 heteroatoms. The lowest BCUT2D eigenvalue weighted by Crippen LogP contribution is -2.10. The zero-order chi connectivity index (χ0) is 10.7. The quantitative estimate of drug-likeness (QED) is 0.698. The molecule has 4 nitrogen and oxygen atoms in total. The second kappa shape index (κ2) is 4.40. The number of hydrogen-bond donors (Lipinski definition) is 3. The summed E-state index contributed by atoms with van der Waals surface area (Å²) in [7, 11) is 0. The topological polar surface area (TPSA) is 61.7 Å². The Bertz CT molecular complexity index is 352. The highest BCUT2D eigenvalue weighted by molar-refractivity contribution is 5.58. The normalized spacial score (nSPS) is 14.2. The highest BCUT2D eigenvalue weighted by Crippen LogP contribution is 2.35. The van der Waals surface area contributed by atoms with E-state index in [1.807, 2.05) is 6.07 Å². The number of rotatable bonds is 3. The maximum atomic E-state index is 9.75. The Kier molecular flexibility index (Phi) is 2.97. The zero-order valence-electron chi connectivity index (χ0n) is 8.49. The van der Waals surface area contributed by atoms with Crippen molar-refractivity contribution < 1.29 is 14.9 Å². The summed E-state index contributed by atoms with van der Waals surface area (Å²) in [6.07, 6.45) is 1.81. The lowest BCUT2D eigenvalue weighted by atomic mass is 10.0.